The molecule has 2 N–H and O–H groups in total. The van der Waals surface area contributed by atoms with Crippen LogP contribution in [0, 0.1) is 0 Å². The van der Waals surface area contributed by atoms with Crippen molar-refractivity contribution in [1.82, 2.24) is 20.3 Å². The first-order chi connectivity index (χ1) is 12.5. The highest BCUT2D eigenvalue weighted by Gasteiger charge is 2.25. The molecule has 0 aliphatic carbocycles. The van der Waals surface area contributed by atoms with E-state index in [4.69, 9.17) is 16.3 Å². The number of carbonyl (C=O) groups is 2. The number of nitrogens with one attached hydrogen (secondary N) is 2. The molecule has 3 rings (SSSR count). The van der Waals surface area contributed by atoms with Crippen molar-refractivity contribution in [2.24, 2.45) is 0 Å². The third-order valence-electron chi connectivity index (χ3n) is 4.54. The molecule has 0 saturated heterocycles. The molecule has 1 atom stereocenters. The Bertz CT molecular complexity index is 821. The lowest BCUT2D eigenvalue weighted by Crippen LogP contribution is -2.48. The monoisotopic (exact) mass is 376 g/mol. The van der Waals surface area contributed by atoms with Gasteiger partial charge in [0, 0.05) is 36.0 Å². The zero-order valence-corrected chi connectivity index (χ0v) is 15.4. The summed E-state index contributed by atoms with van der Waals surface area (Å²) in [5.41, 5.74) is 6.29. The number of hydrogen-bond donors (Lipinski definition) is 2. The minimum absolute atomic E-state index is 0.133. The van der Waals surface area contributed by atoms with Crippen molar-refractivity contribution in [3.05, 3.63) is 52.8 Å². The maximum atomic E-state index is 12.3. The average molecular weight is 377 g/mol. The van der Waals surface area contributed by atoms with Gasteiger partial charge in [-0.3, -0.25) is 25.3 Å². The van der Waals surface area contributed by atoms with Gasteiger partial charge in [-0.1, -0.05) is 11.6 Å². The number of rotatable bonds is 4. The molecule has 8 heteroatoms. The molecule has 0 saturated carbocycles. The van der Waals surface area contributed by atoms with Crippen LogP contribution < -0.4 is 15.6 Å². The number of fused-ring (bicyclic) bond motifs is 1. The van der Waals surface area contributed by atoms with Gasteiger partial charge in [0.1, 0.15) is 5.75 Å². The highest BCUT2D eigenvalue weighted by molar-refractivity contribution is 6.31. The molecule has 2 heterocycles. The first kappa shape index (κ1) is 18.3. The number of ether oxygens (including phenoxy) is 1. The summed E-state index contributed by atoms with van der Waals surface area (Å²) in [5, 5.41) is 0.410. The van der Waals surface area contributed by atoms with Gasteiger partial charge in [-0.2, -0.15) is 0 Å². The standard InChI is InChI=1S/C18H21ClN4O3/c1-12-15-4-3-7-22(15)8-9-23(12)11-17(24)20-21-18(25)14-10-13(19)5-6-16(14)26-2/h3-7,10,12H,8-9,11H2,1-2H3,(H,20,24)(H,21,25)/t12-/m1/s1. The molecule has 1 aromatic heterocycles. The van der Waals surface area contributed by atoms with Gasteiger partial charge in [0.2, 0.25) is 0 Å². The molecule has 0 unspecified atom stereocenters. The van der Waals surface area contributed by atoms with Crippen LogP contribution in [0.1, 0.15) is 29.0 Å². The summed E-state index contributed by atoms with van der Waals surface area (Å²) in [6, 6.07) is 8.92. The lowest BCUT2D eigenvalue weighted by molar-refractivity contribution is -0.123. The van der Waals surface area contributed by atoms with Gasteiger partial charge in [0.25, 0.3) is 11.8 Å². The summed E-state index contributed by atoms with van der Waals surface area (Å²) < 4.78 is 7.33. The molecular formula is C18H21ClN4O3. The van der Waals surface area contributed by atoms with Gasteiger partial charge in [-0.25, -0.2) is 0 Å². The highest BCUT2D eigenvalue weighted by atomic mass is 35.5. The largest absolute Gasteiger partial charge is 0.496 e. The average Bonchev–Trinajstić information content (AvgIpc) is 3.11. The fourth-order valence-corrected chi connectivity index (χ4v) is 3.29. The SMILES string of the molecule is COc1ccc(Cl)cc1C(=O)NNC(=O)CN1CCn2cccc2[C@H]1C. The molecule has 0 radical (unpaired) electrons. The molecule has 7 nitrogen and oxygen atoms in total. The van der Waals surface area contributed by atoms with E-state index in [1.54, 1.807) is 12.1 Å². The summed E-state index contributed by atoms with van der Waals surface area (Å²) >= 11 is 5.93. The molecule has 138 valence electrons. The number of amides is 2. The topological polar surface area (TPSA) is 75.6 Å². The zero-order valence-electron chi connectivity index (χ0n) is 14.7. The van der Waals surface area contributed by atoms with E-state index in [9.17, 15) is 9.59 Å². The van der Waals surface area contributed by atoms with Crippen LogP contribution in [0.3, 0.4) is 0 Å². The molecule has 1 aliphatic heterocycles. The van der Waals surface area contributed by atoms with Crippen LogP contribution >= 0.6 is 11.6 Å². The molecule has 2 aromatic rings. The number of hydrazine groups is 1. The van der Waals surface area contributed by atoms with Gasteiger partial charge in [0.15, 0.2) is 0 Å². The lowest BCUT2D eigenvalue weighted by Gasteiger charge is -2.34. The van der Waals surface area contributed by atoms with Gasteiger partial charge < -0.3 is 9.30 Å². The zero-order chi connectivity index (χ0) is 18.7. The Morgan fingerprint density at radius 2 is 2.08 bits per heavy atom. The van der Waals surface area contributed by atoms with Crippen LogP contribution in [0.15, 0.2) is 36.5 Å². The molecular weight excluding hydrogens is 356 g/mol. The second kappa shape index (κ2) is 7.80. The van der Waals surface area contributed by atoms with E-state index < -0.39 is 5.91 Å². The Morgan fingerprint density at radius 1 is 1.27 bits per heavy atom. The lowest BCUT2D eigenvalue weighted by atomic mass is 10.1. The van der Waals surface area contributed by atoms with Gasteiger partial charge in [-0.15, -0.1) is 0 Å². The van der Waals surface area contributed by atoms with Gasteiger partial charge >= 0.3 is 0 Å². The Morgan fingerprint density at radius 3 is 2.85 bits per heavy atom. The molecule has 0 bridgehead atoms. The van der Waals surface area contributed by atoms with Crippen LogP contribution in [-0.4, -0.2) is 41.5 Å². The Hall–Kier alpha value is -2.51. The van der Waals surface area contributed by atoms with Crippen molar-refractivity contribution >= 4 is 23.4 Å². The maximum absolute atomic E-state index is 12.3. The summed E-state index contributed by atoms with van der Waals surface area (Å²) in [6.45, 7) is 3.87. The second-order valence-electron chi connectivity index (χ2n) is 6.12. The molecule has 26 heavy (non-hydrogen) atoms. The fourth-order valence-electron chi connectivity index (χ4n) is 3.12. The van der Waals surface area contributed by atoms with E-state index >= 15 is 0 Å². The molecule has 0 fully saturated rings. The number of aromatic nitrogens is 1. The number of nitrogens with zero attached hydrogens (tertiary/aromatic N) is 2. The number of carbonyl (C=O) groups excluding carboxylic acids is 2. The number of benzene rings is 1. The predicted octanol–water partition coefficient (Wildman–Crippen LogP) is 1.99. The summed E-state index contributed by atoms with van der Waals surface area (Å²) in [4.78, 5) is 26.6. The Balaban J connectivity index is 1.56. The van der Waals surface area contributed by atoms with Crippen molar-refractivity contribution in [2.45, 2.75) is 19.5 Å². The third kappa shape index (κ3) is 3.84. The van der Waals surface area contributed by atoms with Crippen molar-refractivity contribution in [2.75, 3.05) is 20.2 Å². The molecule has 1 aliphatic rings. The smallest absolute Gasteiger partial charge is 0.273 e. The summed E-state index contributed by atoms with van der Waals surface area (Å²) in [5.74, 6) is -0.393. The van der Waals surface area contributed by atoms with Crippen molar-refractivity contribution in [3.63, 3.8) is 0 Å². The van der Waals surface area contributed by atoms with Crippen molar-refractivity contribution < 1.29 is 14.3 Å². The van der Waals surface area contributed by atoms with Crippen LogP contribution in [0.25, 0.3) is 0 Å². The third-order valence-corrected chi connectivity index (χ3v) is 4.77. The minimum Gasteiger partial charge on any atom is -0.496 e. The van der Waals surface area contributed by atoms with E-state index in [0.717, 1.165) is 13.1 Å². The van der Waals surface area contributed by atoms with Gasteiger partial charge in [-0.05, 0) is 37.3 Å². The minimum atomic E-state index is -0.488. The van der Waals surface area contributed by atoms with Crippen LogP contribution in [0.4, 0.5) is 0 Å². The van der Waals surface area contributed by atoms with Crippen molar-refractivity contribution in [1.29, 1.82) is 0 Å². The molecule has 2 amide bonds. The van der Waals surface area contributed by atoms with E-state index in [1.165, 1.54) is 18.9 Å². The fraction of sp³-hybridized carbons (Fsp3) is 0.333. The molecule has 0 spiro atoms. The highest BCUT2D eigenvalue weighted by Crippen LogP contribution is 2.25. The summed E-state index contributed by atoms with van der Waals surface area (Å²) in [6.07, 6.45) is 2.04. The van der Waals surface area contributed by atoms with Gasteiger partial charge in [0.05, 0.1) is 19.2 Å². The number of methoxy groups -OCH3 is 1. The van der Waals surface area contributed by atoms with Crippen LogP contribution in [0.5, 0.6) is 5.75 Å². The van der Waals surface area contributed by atoms with E-state index in [2.05, 4.69) is 33.3 Å². The van der Waals surface area contributed by atoms with E-state index in [0.29, 0.717) is 10.8 Å². The van der Waals surface area contributed by atoms with Crippen LogP contribution in [0.2, 0.25) is 5.02 Å². The van der Waals surface area contributed by atoms with Crippen molar-refractivity contribution in [3.8, 4) is 5.75 Å². The Labute approximate surface area is 156 Å². The number of hydrogen-bond acceptors (Lipinski definition) is 4. The van der Waals surface area contributed by atoms with Crippen LogP contribution in [-0.2, 0) is 11.3 Å². The summed E-state index contributed by atoms with van der Waals surface area (Å²) in [7, 11) is 1.46. The number of halogens is 1. The maximum Gasteiger partial charge on any atom is 0.273 e. The molecule has 1 aromatic carbocycles. The first-order valence-corrected chi connectivity index (χ1v) is 8.69. The predicted molar refractivity (Wildman–Crippen MR) is 98.0 cm³/mol. The second-order valence-corrected chi connectivity index (χ2v) is 6.56. The first-order valence-electron chi connectivity index (χ1n) is 8.31. The van der Waals surface area contributed by atoms with E-state index in [-0.39, 0.29) is 24.1 Å². The quantitative estimate of drug-likeness (QED) is 0.800. The normalized spacial score (nSPS) is 16.7. The Kier molecular flexibility index (Phi) is 5.49. The van der Waals surface area contributed by atoms with E-state index in [1.807, 2.05) is 12.3 Å².